The lowest BCUT2D eigenvalue weighted by molar-refractivity contribution is 0.242. The highest BCUT2D eigenvalue weighted by Crippen LogP contribution is 2.27. The number of nitrogens with two attached hydrogens (primary N) is 1. The quantitative estimate of drug-likeness (QED) is 0.600. The standard InChI is InChI=1S/C21H28N6O/c1-14(2)28-18-9-7-16(8-10-18)24-19-13-20(26-27-12-11-23-21(19)27)25-17-5-3-15(22)4-6-17/h7-15,17,24H,3-6,22H2,1-2H3,(H,25,26)/t15-,17-. The molecule has 2 heterocycles. The van der Waals surface area contributed by atoms with Crippen LogP contribution in [-0.4, -0.2) is 32.8 Å². The second-order valence-corrected chi connectivity index (χ2v) is 7.71. The minimum absolute atomic E-state index is 0.159. The molecule has 0 atom stereocenters. The number of hydrogen-bond acceptors (Lipinski definition) is 6. The molecule has 0 saturated heterocycles. The van der Waals surface area contributed by atoms with Crippen molar-refractivity contribution in [3.05, 3.63) is 42.7 Å². The van der Waals surface area contributed by atoms with Crippen LogP contribution in [0.2, 0.25) is 0 Å². The van der Waals surface area contributed by atoms with Crippen molar-refractivity contribution in [2.24, 2.45) is 5.73 Å². The molecule has 1 fully saturated rings. The maximum Gasteiger partial charge on any atom is 0.177 e. The highest BCUT2D eigenvalue weighted by Gasteiger charge is 2.19. The number of benzene rings is 1. The number of aromatic nitrogens is 3. The van der Waals surface area contributed by atoms with Crippen LogP contribution in [0.15, 0.2) is 42.7 Å². The molecule has 0 radical (unpaired) electrons. The van der Waals surface area contributed by atoms with Gasteiger partial charge < -0.3 is 21.1 Å². The van der Waals surface area contributed by atoms with Crippen molar-refractivity contribution < 1.29 is 4.74 Å². The van der Waals surface area contributed by atoms with Crippen molar-refractivity contribution in [1.29, 1.82) is 0 Å². The molecule has 1 aromatic carbocycles. The number of imidazole rings is 1. The molecular formula is C21H28N6O. The zero-order valence-electron chi connectivity index (χ0n) is 16.4. The van der Waals surface area contributed by atoms with E-state index in [1.54, 1.807) is 10.7 Å². The normalized spacial score (nSPS) is 19.7. The van der Waals surface area contributed by atoms with Crippen LogP contribution in [0.1, 0.15) is 39.5 Å². The molecule has 0 bridgehead atoms. The van der Waals surface area contributed by atoms with Gasteiger partial charge >= 0.3 is 0 Å². The second-order valence-electron chi connectivity index (χ2n) is 7.71. The summed E-state index contributed by atoms with van der Waals surface area (Å²) in [7, 11) is 0. The van der Waals surface area contributed by atoms with Gasteiger partial charge in [-0.2, -0.15) is 0 Å². The minimum atomic E-state index is 0.159. The molecule has 1 aliphatic carbocycles. The van der Waals surface area contributed by atoms with Gasteiger partial charge in [0.15, 0.2) is 5.65 Å². The molecule has 7 nitrogen and oxygen atoms in total. The predicted molar refractivity (Wildman–Crippen MR) is 112 cm³/mol. The van der Waals surface area contributed by atoms with E-state index >= 15 is 0 Å². The average Bonchev–Trinajstić information content (AvgIpc) is 3.14. The van der Waals surface area contributed by atoms with Gasteiger partial charge in [-0.25, -0.2) is 9.50 Å². The number of rotatable bonds is 6. The Morgan fingerprint density at radius 3 is 2.61 bits per heavy atom. The summed E-state index contributed by atoms with van der Waals surface area (Å²) >= 11 is 0. The lowest BCUT2D eigenvalue weighted by Crippen LogP contribution is -2.33. The van der Waals surface area contributed by atoms with Crippen LogP contribution in [0.3, 0.4) is 0 Å². The summed E-state index contributed by atoms with van der Waals surface area (Å²) < 4.78 is 7.52. The Kier molecular flexibility index (Phi) is 5.34. The third-order valence-corrected chi connectivity index (χ3v) is 4.99. The maximum atomic E-state index is 6.02. The summed E-state index contributed by atoms with van der Waals surface area (Å²) in [6.45, 7) is 4.04. The predicted octanol–water partition coefficient (Wildman–Crippen LogP) is 3.94. The van der Waals surface area contributed by atoms with Crippen LogP contribution >= 0.6 is 0 Å². The third-order valence-electron chi connectivity index (χ3n) is 4.99. The van der Waals surface area contributed by atoms with Gasteiger partial charge in [-0.05, 0) is 63.8 Å². The van der Waals surface area contributed by atoms with Crippen LogP contribution in [0, 0.1) is 0 Å². The molecule has 0 spiro atoms. The summed E-state index contributed by atoms with van der Waals surface area (Å²) in [4.78, 5) is 4.44. The molecule has 1 aliphatic rings. The summed E-state index contributed by atoms with van der Waals surface area (Å²) in [5.74, 6) is 1.70. The molecular weight excluding hydrogens is 352 g/mol. The number of fused-ring (bicyclic) bond motifs is 1. The SMILES string of the molecule is CC(C)Oc1ccc(Nc2cc(N[C@H]3CC[C@H](N)CC3)nn3ccnc23)cc1. The molecule has 4 N–H and O–H groups in total. The largest absolute Gasteiger partial charge is 0.491 e. The lowest BCUT2D eigenvalue weighted by atomic mass is 9.92. The van der Waals surface area contributed by atoms with Gasteiger partial charge in [0, 0.05) is 36.2 Å². The van der Waals surface area contributed by atoms with E-state index < -0.39 is 0 Å². The van der Waals surface area contributed by atoms with Gasteiger partial charge in [-0.3, -0.25) is 0 Å². The van der Waals surface area contributed by atoms with E-state index in [4.69, 9.17) is 10.5 Å². The Morgan fingerprint density at radius 1 is 1.14 bits per heavy atom. The Bertz CT molecular complexity index is 912. The van der Waals surface area contributed by atoms with Crippen molar-refractivity contribution >= 4 is 22.8 Å². The van der Waals surface area contributed by atoms with E-state index in [9.17, 15) is 0 Å². The fourth-order valence-corrected chi connectivity index (χ4v) is 3.60. The van der Waals surface area contributed by atoms with E-state index in [1.165, 1.54) is 0 Å². The van der Waals surface area contributed by atoms with Crippen LogP contribution < -0.4 is 21.1 Å². The fraction of sp³-hybridized carbons (Fsp3) is 0.429. The number of anilines is 3. The second kappa shape index (κ2) is 8.06. The van der Waals surface area contributed by atoms with Gasteiger partial charge in [-0.1, -0.05) is 0 Å². The average molecular weight is 380 g/mol. The first-order chi connectivity index (χ1) is 13.6. The van der Waals surface area contributed by atoms with Gasteiger partial charge in [0.05, 0.1) is 11.8 Å². The summed E-state index contributed by atoms with van der Waals surface area (Å²) in [5, 5.41) is 11.7. The first-order valence-corrected chi connectivity index (χ1v) is 9.97. The number of ether oxygens (including phenoxy) is 1. The van der Waals surface area contributed by atoms with Gasteiger partial charge in [0.2, 0.25) is 0 Å². The lowest BCUT2D eigenvalue weighted by Gasteiger charge is -2.27. The molecule has 2 aromatic heterocycles. The van der Waals surface area contributed by atoms with Gasteiger partial charge in [0.1, 0.15) is 11.6 Å². The van der Waals surface area contributed by atoms with Crippen LogP contribution in [-0.2, 0) is 0 Å². The Labute approximate surface area is 165 Å². The smallest absolute Gasteiger partial charge is 0.177 e. The third kappa shape index (κ3) is 4.36. The minimum Gasteiger partial charge on any atom is -0.491 e. The zero-order chi connectivity index (χ0) is 19.5. The van der Waals surface area contributed by atoms with E-state index in [-0.39, 0.29) is 6.10 Å². The Hall–Kier alpha value is -2.80. The summed E-state index contributed by atoms with van der Waals surface area (Å²) in [6.07, 6.45) is 8.04. The summed E-state index contributed by atoms with van der Waals surface area (Å²) in [5.41, 5.74) is 8.70. The molecule has 28 heavy (non-hydrogen) atoms. The zero-order valence-corrected chi connectivity index (χ0v) is 16.4. The number of hydrogen-bond donors (Lipinski definition) is 3. The van der Waals surface area contributed by atoms with E-state index in [2.05, 4.69) is 20.7 Å². The monoisotopic (exact) mass is 380 g/mol. The number of nitrogens with one attached hydrogen (secondary N) is 2. The molecule has 7 heteroatoms. The molecule has 1 saturated carbocycles. The molecule has 148 valence electrons. The Balaban J connectivity index is 1.53. The van der Waals surface area contributed by atoms with Gasteiger partial charge in [0.25, 0.3) is 0 Å². The van der Waals surface area contributed by atoms with Crippen LogP contribution in [0.25, 0.3) is 5.65 Å². The summed E-state index contributed by atoms with van der Waals surface area (Å²) in [6, 6.07) is 10.7. The van der Waals surface area contributed by atoms with E-state index in [1.807, 2.05) is 50.4 Å². The highest BCUT2D eigenvalue weighted by atomic mass is 16.5. The van der Waals surface area contributed by atoms with Crippen molar-refractivity contribution in [1.82, 2.24) is 14.6 Å². The molecule has 4 rings (SSSR count). The van der Waals surface area contributed by atoms with Crippen molar-refractivity contribution in [3.8, 4) is 5.75 Å². The van der Waals surface area contributed by atoms with Crippen molar-refractivity contribution in [3.63, 3.8) is 0 Å². The highest BCUT2D eigenvalue weighted by molar-refractivity contribution is 5.75. The fourth-order valence-electron chi connectivity index (χ4n) is 3.60. The van der Waals surface area contributed by atoms with Crippen LogP contribution in [0.4, 0.5) is 17.2 Å². The van der Waals surface area contributed by atoms with E-state index in [0.717, 1.165) is 54.3 Å². The van der Waals surface area contributed by atoms with Crippen molar-refractivity contribution in [2.45, 2.75) is 57.7 Å². The first-order valence-electron chi connectivity index (χ1n) is 9.97. The Morgan fingerprint density at radius 2 is 1.89 bits per heavy atom. The van der Waals surface area contributed by atoms with E-state index in [0.29, 0.717) is 12.1 Å². The molecule has 0 unspecified atom stereocenters. The molecule has 0 aliphatic heterocycles. The van der Waals surface area contributed by atoms with Crippen LogP contribution in [0.5, 0.6) is 5.75 Å². The first kappa shape index (κ1) is 18.6. The molecule has 0 amide bonds. The van der Waals surface area contributed by atoms with Crippen molar-refractivity contribution in [2.75, 3.05) is 10.6 Å². The van der Waals surface area contributed by atoms with Gasteiger partial charge in [-0.15, -0.1) is 5.10 Å². The molecule has 3 aromatic rings. The topological polar surface area (TPSA) is 89.5 Å². The maximum absolute atomic E-state index is 6.02. The number of nitrogens with zero attached hydrogens (tertiary/aromatic N) is 3.